The van der Waals surface area contributed by atoms with E-state index in [2.05, 4.69) is 4.74 Å². The van der Waals surface area contributed by atoms with Gasteiger partial charge in [0.25, 0.3) is 0 Å². The molecule has 1 heterocycles. The van der Waals surface area contributed by atoms with Crippen LogP contribution < -0.4 is 0 Å². The Morgan fingerprint density at radius 1 is 0.944 bits per heavy atom. The summed E-state index contributed by atoms with van der Waals surface area (Å²) in [6.07, 6.45) is 0.763. The van der Waals surface area contributed by atoms with Gasteiger partial charge in [-0.1, -0.05) is 0 Å². The van der Waals surface area contributed by atoms with Crippen LogP contribution >= 0.6 is 0 Å². The number of alkyl halides is 8. The zero-order valence-corrected chi connectivity index (χ0v) is 19.1. The maximum Gasteiger partial charge on any atom is 0.402 e. The highest BCUT2D eigenvalue weighted by atomic mass is 32.2. The van der Waals surface area contributed by atoms with Crippen LogP contribution in [0.1, 0.15) is 32.1 Å². The Morgan fingerprint density at radius 2 is 1.44 bits per heavy atom. The molecule has 4 aliphatic carbocycles. The molecule has 17 heteroatoms. The first-order valence-corrected chi connectivity index (χ1v) is 12.3. The molecule has 0 aromatic rings. The third kappa shape index (κ3) is 4.37. The number of hydrogen-bond donors (Lipinski definition) is 1. The standard InChI is InChI=1S/C19H22F8O8S/c20-15(21)7-34-18(35-8-16(22,23)19(15,26)27)11-1-10-2-12(18)5-14(3-10,4-11)33-6-13(28)32-9-17(24,25)36(29,30)31/h10-12H,1-9H2,(H,29,30,31). The van der Waals surface area contributed by atoms with Crippen LogP contribution in [0.4, 0.5) is 35.1 Å². The van der Waals surface area contributed by atoms with E-state index in [9.17, 15) is 48.3 Å². The number of halogens is 8. The first-order valence-electron chi connectivity index (χ1n) is 10.8. The maximum absolute atomic E-state index is 14.0. The molecular weight excluding hydrogens is 540 g/mol. The summed E-state index contributed by atoms with van der Waals surface area (Å²) in [6, 6.07) is 0. The summed E-state index contributed by atoms with van der Waals surface area (Å²) in [5, 5.41) is -4.75. The Kier molecular flexibility index (Phi) is 6.43. The number of hydrogen-bond acceptors (Lipinski definition) is 7. The summed E-state index contributed by atoms with van der Waals surface area (Å²) >= 11 is 0. The summed E-state index contributed by atoms with van der Waals surface area (Å²) in [5.74, 6) is -21.2. The molecule has 1 saturated heterocycles. The van der Waals surface area contributed by atoms with Gasteiger partial charge in [-0.25, -0.2) is 4.79 Å². The quantitative estimate of drug-likeness (QED) is 0.299. The van der Waals surface area contributed by atoms with E-state index in [1.54, 1.807) is 0 Å². The largest absolute Gasteiger partial charge is 0.456 e. The molecule has 5 fully saturated rings. The zero-order chi connectivity index (χ0) is 27.0. The van der Waals surface area contributed by atoms with E-state index < -0.39 is 88.8 Å². The van der Waals surface area contributed by atoms with Gasteiger partial charge in [-0.2, -0.15) is 43.5 Å². The fourth-order valence-electron chi connectivity index (χ4n) is 5.89. The van der Waals surface area contributed by atoms with Gasteiger partial charge in [0.15, 0.2) is 12.4 Å². The molecule has 0 aromatic carbocycles. The van der Waals surface area contributed by atoms with Crippen LogP contribution in [0.2, 0.25) is 0 Å². The smallest absolute Gasteiger partial charge is 0.402 e. The van der Waals surface area contributed by atoms with Gasteiger partial charge < -0.3 is 18.9 Å². The highest BCUT2D eigenvalue weighted by Gasteiger charge is 2.75. The predicted octanol–water partition coefficient (Wildman–Crippen LogP) is 3.25. The topological polar surface area (TPSA) is 108 Å². The van der Waals surface area contributed by atoms with Gasteiger partial charge in [0.05, 0.1) is 5.60 Å². The highest BCUT2D eigenvalue weighted by molar-refractivity contribution is 7.86. The normalized spacial score (nSPS) is 36.3. The van der Waals surface area contributed by atoms with Crippen LogP contribution in [0.15, 0.2) is 0 Å². The van der Waals surface area contributed by atoms with Gasteiger partial charge in [-0.15, -0.1) is 0 Å². The molecule has 36 heavy (non-hydrogen) atoms. The maximum atomic E-state index is 14.0. The van der Waals surface area contributed by atoms with Crippen molar-refractivity contribution >= 4 is 16.1 Å². The number of rotatable bonds is 6. The van der Waals surface area contributed by atoms with Crippen LogP contribution in [0.5, 0.6) is 0 Å². The summed E-state index contributed by atoms with van der Waals surface area (Å²) < 4.78 is 160. The van der Waals surface area contributed by atoms with Crippen molar-refractivity contribution in [3.63, 3.8) is 0 Å². The monoisotopic (exact) mass is 562 g/mol. The van der Waals surface area contributed by atoms with Crippen LogP contribution in [-0.4, -0.2) is 79.8 Å². The van der Waals surface area contributed by atoms with Crippen LogP contribution in [0.25, 0.3) is 0 Å². The van der Waals surface area contributed by atoms with Gasteiger partial charge in [0, 0.05) is 11.8 Å². The molecule has 0 amide bonds. The minimum atomic E-state index is -5.83. The van der Waals surface area contributed by atoms with E-state index in [-0.39, 0.29) is 31.6 Å². The third-order valence-electron chi connectivity index (χ3n) is 7.42. The van der Waals surface area contributed by atoms with Gasteiger partial charge in [-0.05, 0) is 38.0 Å². The second-order valence-corrected chi connectivity index (χ2v) is 11.4. The summed E-state index contributed by atoms with van der Waals surface area (Å²) in [5.41, 5.74) is -1.13. The first-order chi connectivity index (χ1) is 16.3. The molecule has 5 aliphatic rings. The Balaban J connectivity index is 1.45. The van der Waals surface area contributed by atoms with Gasteiger partial charge in [0.2, 0.25) is 0 Å². The number of carbonyl (C=O) groups is 1. The number of ether oxygens (including phenoxy) is 4. The second-order valence-electron chi connectivity index (χ2n) is 9.87. The third-order valence-corrected chi connectivity index (χ3v) is 8.30. The van der Waals surface area contributed by atoms with Crippen LogP contribution in [-0.2, 0) is 33.9 Å². The average Bonchev–Trinajstić information content (AvgIpc) is 2.74. The van der Waals surface area contributed by atoms with E-state index in [4.69, 9.17) is 18.8 Å². The molecule has 4 saturated carbocycles. The predicted molar refractivity (Wildman–Crippen MR) is 99.2 cm³/mol. The van der Waals surface area contributed by atoms with Crippen molar-refractivity contribution in [1.82, 2.24) is 0 Å². The molecule has 0 aromatic heterocycles. The van der Waals surface area contributed by atoms with Gasteiger partial charge >= 0.3 is 39.1 Å². The van der Waals surface area contributed by atoms with Crippen LogP contribution in [0.3, 0.4) is 0 Å². The molecule has 2 unspecified atom stereocenters. The molecule has 2 atom stereocenters. The molecule has 4 bridgehead atoms. The van der Waals surface area contributed by atoms with E-state index in [1.807, 2.05) is 0 Å². The zero-order valence-electron chi connectivity index (χ0n) is 18.3. The number of esters is 1. The molecule has 1 spiro atoms. The second kappa shape index (κ2) is 8.35. The molecular formula is C19H22F8O8S. The van der Waals surface area contributed by atoms with Crippen molar-refractivity contribution < 1.29 is 71.8 Å². The van der Waals surface area contributed by atoms with Crippen molar-refractivity contribution in [2.24, 2.45) is 17.8 Å². The van der Waals surface area contributed by atoms with E-state index in [0.717, 1.165) is 0 Å². The highest BCUT2D eigenvalue weighted by Crippen LogP contribution is 2.64. The fourth-order valence-corrected chi connectivity index (χ4v) is 6.10. The van der Waals surface area contributed by atoms with E-state index in [0.29, 0.717) is 6.42 Å². The fraction of sp³-hybridized carbons (Fsp3) is 0.947. The number of carbonyl (C=O) groups excluding carboxylic acids is 1. The van der Waals surface area contributed by atoms with E-state index in [1.165, 1.54) is 0 Å². The van der Waals surface area contributed by atoms with Gasteiger partial charge in [0.1, 0.15) is 19.8 Å². The SMILES string of the molecule is O=C(COC12CC3CC(C1)C1(OCC(F)(F)C(F)(F)C(F)(F)CO1)C(C3)C2)OCC(F)(F)S(=O)(=O)O. The average molecular weight is 562 g/mol. The minimum Gasteiger partial charge on any atom is -0.456 e. The lowest BCUT2D eigenvalue weighted by Gasteiger charge is -2.64. The van der Waals surface area contributed by atoms with Crippen molar-refractivity contribution in [2.75, 3.05) is 26.4 Å². The van der Waals surface area contributed by atoms with Crippen molar-refractivity contribution in [2.45, 2.75) is 66.5 Å². The van der Waals surface area contributed by atoms with Crippen molar-refractivity contribution in [3.8, 4) is 0 Å². The Morgan fingerprint density at radius 3 is 1.92 bits per heavy atom. The molecule has 1 N–H and O–H groups in total. The lowest BCUT2D eigenvalue weighted by atomic mass is 9.51. The molecule has 5 rings (SSSR count). The Bertz CT molecular complexity index is 963. The molecule has 8 nitrogen and oxygen atoms in total. The first kappa shape index (κ1) is 27.7. The van der Waals surface area contributed by atoms with Crippen molar-refractivity contribution in [3.05, 3.63) is 0 Å². The lowest BCUT2D eigenvalue weighted by Crippen LogP contribution is -2.70. The summed E-state index contributed by atoms with van der Waals surface area (Å²) in [7, 11) is -5.83. The Hall–Kier alpha value is -1.30. The molecule has 1 aliphatic heterocycles. The lowest BCUT2D eigenvalue weighted by molar-refractivity contribution is -0.425. The molecule has 208 valence electrons. The Labute approximate surface area is 199 Å². The molecule has 0 radical (unpaired) electrons. The van der Waals surface area contributed by atoms with Gasteiger partial charge in [-0.3, -0.25) is 4.55 Å². The van der Waals surface area contributed by atoms with Crippen LogP contribution in [0, 0.1) is 17.8 Å². The summed E-state index contributed by atoms with van der Waals surface area (Å²) in [6.45, 7) is -6.89. The van der Waals surface area contributed by atoms with Crippen molar-refractivity contribution in [1.29, 1.82) is 0 Å². The van der Waals surface area contributed by atoms with E-state index >= 15 is 0 Å². The summed E-state index contributed by atoms with van der Waals surface area (Å²) in [4.78, 5) is 11.8. The minimum absolute atomic E-state index is 0.0536.